The summed E-state index contributed by atoms with van der Waals surface area (Å²) < 4.78 is 29.9. The van der Waals surface area contributed by atoms with Crippen LogP contribution in [0.5, 0.6) is 0 Å². The number of hydrogen-bond donors (Lipinski definition) is 1. The normalized spacial score (nSPS) is 13.7. The van der Waals surface area contributed by atoms with Crippen molar-refractivity contribution >= 4 is 22.1 Å². The summed E-state index contributed by atoms with van der Waals surface area (Å²) >= 11 is 0. The third-order valence-electron chi connectivity index (χ3n) is 2.52. The Bertz CT molecular complexity index is 407. The van der Waals surface area contributed by atoms with Gasteiger partial charge in [-0.1, -0.05) is 0 Å². The van der Waals surface area contributed by atoms with Crippen LogP contribution in [0.3, 0.4) is 0 Å². The maximum Gasteiger partial charge on any atom is 0.321 e. The fraction of sp³-hybridized carbons (Fsp3) is 0.778. The summed E-state index contributed by atoms with van der Waals surface area (Å²) in [7, 11) is -0.269. The lowest BCUT2D eigenvalue weighted by Gasteiger charge is -2.26. The van der Waals surface area contributed by atoms with Gasteiger partial charge in [0.1, 0.15) is 6.04 Å². The second kappa shape index (κ2) is 6.66. The highest BCUT2D eigenvalue weighted by Crippen LogP contribution is 2.09. The average molecular weight is 282 g/mol. The van der Waals surface area contributed by atoms with E-state index in [0.717, 1.165) is 8.61 Å². The molecule has 1 atom stereocenters. The van der Waals surface area contributed by atoms with E-state index in [1.54, 1.807) is 0 Å². The highest BCUT2D eigenvalue weighted by atomic mass is 32.2. The summed E-state index contributed by atoms with van der Waals surface area (Å²) in [6.45, 7) is 1.18. The molecule has 0 bridgehead atoms. The van der Waals surface area contributed by atoms with Gasteiger partial charge in [-0.05, 0) is 6.92 Å². The topological polar surface area (TPSA) is 104 Å². The molecular formula is C9H18N2O6S. The molecule has 106 valence electrons. The number of hydrogen-bond acceptors (Lipinski definition) is 5. The predicted octanol–water partition coefficient (Wildman–Crippen LogP) is -0.869. The van der Waals surface area contributed by atoms with E-state index in [4.69, 9.17) is 5.11 Å². The summed E-state index contributed by atoms with van der Waals surface area (Å²) in [4.78, 5) is 21.6. The Balaban J connectivity index is 4.71. The monoisotopic (exact) mass is 282 g/mol. The molecule has 0 fully saturated rings. The fourth-order valence-corrected chi connectivity index (χ4v) is 2.29. The van der Waals surface area contributed by atoms with Gasteiger partial charge in [-0.15, -0.1) is 0 Å². The zero-order chi connectivity index (χ0) is 14.5. The number of nitrogens with zero attached hydrogens (tertiary/aromatic N) is 2. The lowest BCUT2D eigenvalue weighted by molar-refractivity contribution is -0.141. The Labute approximate surface area is 106 Å². The van der Waals surface area contributed by atoms with Crippen molar-refractivity contribution < 1.29 is 27.9 Å². The number of esters is 1. The first-order chi connectivity index (χ1) is 8.14. The molecule has 9 heteroatoms. The first kappa shape index (κ1) is 16.8. The maximum absolute atomic E-state index is 11.9. The fourth-order valence-electron chi connectivity index (χ4n) is 1.04. The molecule has 0 heterocycles. The van der Waals surface area contributed by atoms with Crippen LogP contribution in [-0.4, -0.2) is 67.9 Å². The van der Waals surface area contributed by atoms with Gasteiger partial charge in [0.25, 0.3) is 10.2 Å². The molecule has 0 rings (SSSR count). The SMILES string of the molecule is COC(=O)CCN(C)S(=O)(=O)N(C)C(C)C(=O)O. The summed E-state index contributed by atoms with van der Waals surface area (Å²) in [6.07, 6.45) is -0.0957. The number of carbonyl (C=O) groups excluding carboxylic acids is 1. The minimum Gasteiger partial charge on any atom is -0.480 e. The van der Waals surface area contributed by atoms with Gasteiger partial charge >= 0.3 is 11.9 Å². The third kappa shape index (κ3) is 4.24. The Kier molecular flexibility index (Phi) is 6.22. The van der Waals surface area contributed by atoms with Gasteiger partial charge in [0.2, 0.25) is 0 Å². The van der Waals surface area contributed by atoms with Crippen molar-refractivity contribution in [3.05, 3.63) is 0 Å². The minimum absolute atomic E-state index is 0.0777. The third-order valence-corrected chi connectivity index (χ3v) is 4.53. The summed E-state index contributed by atoms with van der Waals surface area (Å²) in [5.41, 5.74) is 0. The lowest BCUT2D eigenvalue weighted by atomic mass is 10.4. The van der Waals surface area contributed by atoms with E-state index in [1.807, 2.05) is 0 Å². The molecule has 0 aliphatic rings. The van der Waals surface area contributed by atoms with Gasteiger partial charge in [0.05, 0.1) is 13.5 Å². The van der Waals surface area contributed by atoms with Crippen molar-refractivity contribution in [1.29, 1.82) is 0 Å². The van der Waals surface area contributed by atoms with Gasteiger partial charge in [0, 0.05) is 20.6 Å². The highest BCUT2D eigenvalue weighted by Gasteiger charge is 2.31. The van der Waals surface area contributed by atoms with E-state index >= 15 is 0 Å². The Morgan fingerprint density at radius 3 is 2.22 bits per heavy atom. The molecular weight excluding hydrogens is 264 g/mol. The van der Waals surface area contributed by atoms with E-state index in [9.17, 15) is 18.0 Å². The number of carboxylic acid groups (broad SMARTS) is 1. The van der Waals surface area contributed by atoms with Crippen molar-refractivity contribution in [3.8, 4) is 0 Å². The van der Waals surface area contributed by atoms with E-state index in [-0.39, 0.29) is 13.0 Å². The summed E-state index contributed by atoms with van der Waals surface area (Å²) in [6, 6.07) is -1.18. The molecule has 18 heavy (non-hydrogen) atoms. The predicted molar refractivity (Wildman–Crippen MR) is 63.0 cm³/mol. The van der Waals surface area contributed by atoms with Crippen LogP contribution < -0.4 is 0 Å². The molecule has 0 aromatic rings. The van der Waals surface area contributed by atoms with Crippen LogP contribution in [0.1, 0.15) is 13.3 Å². The van der Waals surface area contributed by atoms with Gasteiger partial charge in [-0.25, -0.2) is 0 Å². The van der Waals surface area contributed by atoms with Crippen LogP contribution >= 0.6 is 0 Å². The summed E-state index contributed by atoms with van der Waals surface area (Å²) in [5.74, 6) is -1.78. The van der Waals surface area contributed by atoms with Crippen LogP contribution in [0.4, 0.5) is 0 Å². The molecule has 0 aromatic heterocycles. The molecule has 0 saturated carbocycles. The second-order valence-corrected chi connectivity index (χ2v) is 5.78. The number of rotatable bonds is 7. The van der Waals surface area contributed by atoms with Crippen LogP contribution in [0.25, 0.3) is 0 Å². The number of aliphatic carboxylic acids is 1. The zero-order valence-corrected chi connectivity index (χ0v) is 11.6. The molecule has 1 N–H and O–H groups in total. The van der Waals surface area contributed by atoms with E-state index in [2.05, 4.69) is 4.74 Å². The van der Waals surface area contributed by atoms with Crippen LogP contribution in [-0.2, 0) is 24.5 Å². The number of likely N-dealkylation sites (N-methyl/N-ethyl adjacent to an activating group) is 1. The molecule has 8 nitrogen and oxygen atoms in total. The second-order valence-electron chi connectivity index (χ2n) is 3.69. The number of methoxy groups -OCH3 is 1. The Hall–Kier alpha value is -1.19. The standard InChI is InChI=1S/C9H18N2O6S/c1-7(9(13)14)11(3)18(15,16)10(2)6-5-8(12)17-4/h7H,5-6H2,1-4H3,(H,13,14). The molecule has 0 aliphatic heterocycles. The van der Waals surface area contributed by atoms with Crippen molar-refractivity contribution in [2.75, 3.05) is 27.7 Å². The number of carbonyl (C=O) groups is 2. The molecule has 0 spiro atoms. The van der Waals surface area contributed by atoms with Crippen LogP contribution in [0.15, 0.2) is 0 Å². The van der Waals surface area contributed by atoms with Crippen LogP contribution in [0, 0.1) is 0 Å². The van der Waals surface area contributed by atoms with Crippen LogP contribution in [0.2, 0.25) is 0 Å². The van der Waals surface area contributed by atoms with Gasteiger partial charge in [0.15, 0.2) is 0 Å². The van der Waals surface area contributed by atoms with E-state index in [0.29, 0.717) is 0 Å². The largest absolute Gasteiger partial charge is 0.480 e. The maximum atomic E-state index is 11.9. The molecule has 1 unspecified atom stereocenters. The lowest BCUT2D eigenvalue weighted by Crippen LogP contribution is -2.47. The van der Waals surface area contributed by atoms with Gasteiger partial charge in [-0.2, -0.15) is 17.0 Å². The molecule has 0 amide bonds. The van der Waals surface area contributed by atoms with Crippen molar-refractivity contribution in [2.45, 2.75) is 19.4 Å². The Morgan fingerprint density at radius 1 is 1.33 bits per heavy atom. The van der Waals surface area contributed by atoms with Gasteiger partial charge < -0.3 is 9.84 Å². The number of ether oxygens (including phenoxy) is 1. The smallest absolute Gasteiger partial charge is 0.321 e. The van der Waals surface area contributed by atoms with Gasteiger partial charge in [-0.3, -0.25) is 9.59 Å². The highest BCUT2D eigenvalue weighted by molar-refractivity contribution is 7.86. The van der Waals surface area contributed by atoms with Crippen molar-refractivity contribution in [2.24, 2.45) is 0 Å². The van der Waals surface area contributed by atoms with E-state index < -0.39 is 28.2 Å². The minimum atomic E-state index is -3.91. The zero-order valence-electron chi connectivity index (χ0n) is 10.8. The average Bonchev–Trinajstić information content (AvgIpc) is 2.32. The molecule has 0 radical (unpaired) electrons. The quantitative estimate of drug-likeness (QED) is 0.609. The number of carboxylic acids is 1. The molecule has 0 saturated heterocycles. The van der Waals surface area contributed by atoms with Crippen molar-refractivity contribution in [3.63, 3.8) is 0 Å². The molecule has 0 aromatic carbocycles. The Morgan fingerprint density at radius 2 is 1.83 bits per heavy atom. The first-order valence-corrected chi connectivity index (χ1v) is 6.53. The van der Waals surface area contributed by atoms with E-state index in [1.165, 1.54) is 28.1 Å². The summed E-state index contributed by atoms with van der Waals surface area (Å²) in [5, 5.41) is 8.75. The molecule has 0 aliphatic carbocycles. The first-order valence-electron chi connectivity index (χ1n) is 5.13. The van der Waals surface area contributed by atoms with Crippen molar-refractivity contribution in [1.82, 2.24) is 8.61 Å².